The van der Waals surface area contributed by atoms with E-state index in [1.54, 1.807) is 24.3 Å². The molecule has 2 aromatic heterocycles. The van der Waals surface area contributed by atoms with Gasteiger partial charge in [0.25, 0.3) is 0 Å². The molecule has 0 fully saturated rings. The Hall–Kier alpha value is -5.55. The Bertz CT molecular complexity index is 2160. The van der Waals surface area contributed by atoms with E-state index in [0.717, 1.165) is 46.0 Å². The summed E-state index contributed by atoms with van der Waals surface area (Å²) in [6.45, 7) is 5.75. The number of hydrogen-bond acceptors (Lipinski definition) is 9. The predicted octanol–water partition coefficient (Wildman–Crippen LogP) is 8.60. The summed E-state index contributed by atoms with van der Waals surface area (Å²) in [5, 5.41) is 11.1. The number of H-pyrrole nitrogens is 1. The van der Waals surface area contributed by atoms with E-state index in [-0.39, 0.29) is 31.3 Å². The first-order valence-electron chi connectivity index (χ1n) is 18.8. The standard InChI is InChI=1S/C43H48N5O7P/c1-30(2)13-12-20-41-47-43(54-48-41)40(26-35-27-44-38-19-11-10-18-37(35)38)46-42(50)39(45-31(3)49)25-32-21-23-36(24-22-32)55-56(51,52-28-33-14-6-4-7-15-33)53-29-34-16-8-5-9-17-34/h4-11,14-19,21-24,27,30,39-40,44H,12-13,20,25-26,28-29H2,1-3H3,(H,45,49)(H,46,50)/t39-,40-/m0/s1. The van der Waals surface area contributed by atoms with Crippen molar-refractivity contribution in [2.75, 3.05) is 0 Å². The maximum atomic E-state index is 14.0. The van der Waals surface area contributed by atoms with Crippen molar-refractivity contribution in [1.29, 1.82) is 0 Å². The number of hydrogen-bond donors (Lipinski definition) is 3. The molecule has 2 heterocycles. The molecule has 0 unspecified atom stereocenters. The van der Waals surface area contributed by atoms with E-state index in [2.05, 4.69) is 39.6 Å². The number of carbonyl (C=O) groups excluding carboxylic acids is 2. The van der Waals surface area contributed by atoms with Gasteiger partial charge in [-0.1, -0.05) is 116 Å². The van der Waals surface area contributed by atoms with Gasteiger partial charge in [-0.3, -0.25) is 18.6 Å². The largest absolute Gasteiger partial charge is 0.530 e. The maximum absolute atomic E-state index is 14.0. The van der Waals surface area contributed by atoms with Crippen LogP contribution in [0.1, 0.15) is 73.6 Å². The van der Waals surface area contributed by atoms with Gasteiger partial charge in [0, 0.05) is 43.3 Å². The van der Waals surface area contributed by atoms with Gasteiger partial charge in [-0.25, -0.2) is 4.57 Å². The number of para-hydroxylation sites is 1. The number of amides is 2. The van der Waals surface area contributed by atoms with Crippen LogP contribution in [-0.2, 0) is 55.7 Å². The highest BCUT2D eigenvalue weighted by molar-refractivity contribution is 7.48. The maximum Gasteiger partial charge on any atom is 0.530 e. The van der Waals surface area contributed by atoms with Crippen LogP contribution in [0.25, 0.3) is 10.9 Å². The van der Waals surface area contributed by atoms with Crippen LogP contribution < -0.4 is 15.2 Å². The van der Waals surface area contributed by atoms with Crippen LogP contribution in [0.3, 0.4) is 0 Å². The second kappa shape index (κ2) is 19.4. The van der Waals surface area contributed by atoms with Crippen molar-refractivity contribution in [2.24, 2.45) is 5.92 Å². The third-order valence-electron chi connectivity index (χ3n) is 9.12. The fourth-order valence-corrected chi connectivity index (χ4v) is 7.40. The molecule has 2 amide bonds. The number of carbonyl (C=O) groups is 2. The number of fused-ring (bicyclic) bond motifs is 1. The third kappa shape index (κ3) is 11.7. The van der Waals surface area contributed by atoms with E-state index in [0.29, 0.717) is 30.5 Å². The second-order valence-electron chi connectivity index (χ2n) is 14.1. The Morgan fingerprint density at radius 1 is 0.804 bits per heavy atom. The first-order chi connectivity index (χ1) is 27.1. The van der Waals surface area contributed by atoms with Crippen LogP contribution in [0, 0.1) is 5.92 Å². The molecule has 2 atom stereocenters. The fraction of sp³-hybridized carbons (Fsp3) is 0.302. The molecule has 6 rings (SSSR count). The highest BCUT2D eigenvalue weighted by Crippen LogP contribution is 2.51. The molecule has 0 spiro atoms. The summed E-state index contributed by atoms with van der Waals surface area (Å²) in [6, 6.07) is 31.7. The summed E-state index contributed by atoms with van der Waals surface area (Å²) >= 11 is 0. The Kier molecular flexibility index (Phi) is 13.9. The Labute approximate surface area is 327 Å². The van der Waals surface area contributed by atoms with Gasteiger partial charge in [0.1, 0.15) is 17.8 Å². The Morgan fingerprint density at radius 2 is 1.45 bits per heavy atom. The number of nitrogens with zero attached hydrogens (tertiary/aromatic N) is 2. The molecule has 0 saturated heterocycles. The van der Waals surface area contributed by atoms with Gasteiger partial charge in [-0.05, 0) is 52.8 Å². The van der Waals surface area contributed by atoms with Crippen molar-refractivity contribution in [3.63, 3.8) is 0 Å². The molecule has 0 aliphatic rings. The zero-order chi connectivity index (χ0) is 39.3. The molecule has 4 aromatic carbocycles. The number of benzene rings is 4. The molecule has 292 valence electrons. The summed E-state index contributed by atoms with van der Waals surface area (Å²) in [4.78, 5) is 34.4. The van der Waals surface area contributed by atoms with Gasteiger partial charge in [-0.15, -0.1) is 0 Å². The Balaban J connectivity index is 1.16. The number of rotatable bonds is 20. The SMILES string of the molecule is CC(=O)N[C@@H](Cc1ccc(OP(=O)(OCc2ccccc2)OCc2ccccc2)cc1)C(=O)N[C@@H](Cc1c[nH]c2ccccc12)c1nc(CCCC(C)C)no1. The molecule has 56 heavy (non-hydrogen) atoms. The quantitative estimate of drug-likeness (QED) is 0.0646. The van der Waals surface area contributed by atoms with E-state index < -0.39 is 25.8 Å². The van der Waals surface area contributed by atoms with E-state index in [9.17, 15) is 14.2 Å². The number of aromatic nitrogens is 3. The van der Waals surface area contributed by atoms with Crippen molar-refractivity contribution in [1.82, 2.24) is 25.8 Å². The van der Waals surface area contributed by atoms with Crippen LogP contribution in [0.4, 0.5) is 0 Å². The van der Waals surface area contributed by atoms with E-state index in [1.165, 1.54) is 6.92 Å². The molecule has 12 nitrogen and oxygen atoms in total. The molecule has 0 aliphatic heterocycles. The van der Waals surface area contributed by atoms with Crippen molar-refractivity contribution >= 4 is 30.5 Å². The fourth-order valence-electron chi connectivity index (χ4n) is 6.22. The number of aromatic amines is 1. The van der Waals surface area contributed by atoms with Crippen LogP contribution in [0.5, 0.6) is 5.75 Å². The monoisotopic (exact) mass is 777 g/mol. The van der Waals surface area contributed by atoms with Gasteiger partial charge in [0.05, 0.1) is 13.2 Å². The van der Waals surface area contributed by atoms with Gasteiger partial charge < -0.3 is 24.7 Å². The minimum absolute atomic E-state index is 0.0167. The second-order valence-corrected chi connectivity index (χ2v) is 15.7. The molecule has 13 heteroatoms. The lowest BCUT2D eigenvalue weighted by molar-refractivity contribution is -0.128. The van der Waals surface area contributed by atoms with Crippen molar-refractivity contribution in [3.05, 3.63) is 149 Å². The van der Waals surface area contributed by atoms with E-state index in [4.69, 9.17) is 18.1 Å². The van der Waals surface area contributed by atoms with Crippen LogP contribution in [0.15, 0.2) is 120 Å². The molecule has 0 bridgehead atoms. The molecule has 0 saturated carbocycles. The van der Waals surface area contributed by atoms with E-state index >= 15 is 0 Å². The lowest BCUT2D eigenvalue weighted by atomic mass is 10.0. The van der Waals surface area contributed by atoms with Gasteiger partial charge in [0.2, 0.25) is 17.7 Å². The average Bonchev–Trinajstić information content (AvgIpc) is 3.84. The lowest BCUT2D eigenvalue weighted by Gasteiger charge is -2.22. The molecule has 0 aliphatic carbocycles. The first-order valence-corrected chi connectivity index (χ1v) is 20.3. The summed E-state index contributed by atoms with van der Waals surface area (Å²) in [6.07, 6.45) is 5.07. The molecule has 3 N–H and O–H groups in total. The molecular formula is C43H48N5O7P. The van der Waals surface area contributed by atoms with Gasteiger partial charge >= 0.3 is 7.82 Å². The summed E-state index contributed by atoms with van der Waals surface area (Å²) in [7, 11) is -4.09. The zero-order valence-electron chi connectivity index (χ0n) is 31.9. The smallest absolute Gasteiger partial charge is 0.404 e. The summed E-state index contributed by atoms with van der Waals surface area (Å²) in [5.41, 5.74) is 4.27. The number of phosphoric ester groups is 1. The highest BCUT2D eigenvalue weighted by Gasteiger charge is 2.30. The normalized spacial score (nSPS) is 12.7. The lowest BCUT2D eigenvalue weighted by Crippen LogP contribution is -2.48. The average molecular weight is 778 g/mol. The van der Waals surface area contributed by atoms with Crippen LogP contribution >= 0.6 is 7.82 Å². The number of nitrogens with one attached hydrogen (secondary N) is 3. The van der Waals surface area contributed by atoms with Crippen molar-refractivity contribution in [2.45, 2.75) is 78.2 Å². The number of phosphoric acid groups is 1. The predicted molar refractivity (Wildman–Crippen MR) is 213 cm³/mol. The Morgan fingerprint density at radius 3 is 2.09 bits per heavy atom. The van der Waals surface area contributed by atoms with Crippen LogP contribution in [0.2, 0.25) is 0 Å². The highest BCUT2D eigenvalue weighted by atomic mass is 31.2. The van der Waals surface area contributed by atoms with Crippen LogP contribution in [-0.4, -0.2) is 33.0 Å². The third-order valence-corrected chi connectivity index (χ3v) is 10.4. The van der Waals surface area contributed by atoms with E-state index in [1.807, 2.05) is 91.1 Å². The number of aryl methyl sites for hydroxylation is 1. The molecule has 6 aromatic rings. The minimum Gasteiger partial charge on any atom is -0.404 e. The summed E-state index contributed by atoms with van der Waals surface area (Å²) in [5.74, 6) is 0.899. The first kappa shape index (κ1) is 40.1. The summed E-state index contributed by atoms with van der Waals surface area (Å²) < 4.78 is 37.0. The zero-order valence-corrected chi connectivity index (χ0v) is 32.7. The topological polar surface area (TPSA) is 158 Å². The molecule has 0 radical (unpaired) electrons. The molecular weight excluding hydrogens is 729 g/mol. The van der Waals surface area contributed by atoms with Crippen molar-refractivity contribution < 1.29 is 32.2 Å². The van der Waals surface area contributed by atoms with Gasteiger partial charge in [0.15, 0.2) is 5.82 Å². The van der Waals surface area contributed by atoms with Crippen molar-refractivity contribution in [3.8, 4) is 5.75 Å². The van der Waals surface area contributed by atoms with Gasteiger partial charge in [-0.2, -0.15) is 4.98 Å². The minimum atomic E-state index is -4.09.